The van der Waals surface area contributed by atoms with Crippen molar-refractivity contribution in [3.05, 3.63) is 46.1 Å². The zero-order valence-electron chi connectivity index (χ0n) is 13.1. The van der Waals surface area contributed by atoms with Crippen molar-refractivity contribution in [1.29, 1.82) is 0 Å². The van der Waals surface area contributed by atoms with Gasteiger partial charge in [0.15, 0.2) is 5.69 Å². The van der Waals surface area contributed by atoms with E-state index in [-0.39, 0.29) is 11.6 Å². The van der Waals surface area contributed by atoms with E-state index in [0.29, 0.717) is 12.4 Å². The fraction of sp³-hybridized carbons (Fsp3) is 0.312. The molecule has 0 aliphatic heterocycles. The summed E-state index contributed by atoms with van der Waals surface area (Å²) in [5.74, 6) is 0.349. The van der Waals surface area contributed by atoms with Gasteiger partial charge in [0, 0.05) is 30.4 Å². The van der Waals surface area contributed by atoms with Gasteiger partial charge >= 0.3 is 0 Å². The van der Waals surface area contributed by atoms with Crippen LogP contribution >= 0.6 is 15.9 Å². The molecular formula is C16H19BrN4O2. The first kappa shape index (κ1) is 17.4. The van der Waals surface area contributed by atoms with Crippen LogP contribution in [0.25, 0.3) is 0 Å². The predicted octanol–water partition coefficient (Wildman–Crippen LogP) is 3.25. The van der Waals surface area contributed by atoms with Crippen molar-refractivity contribution >= 4 is 33.3 Å². The van der Waals surface area contributed by atoms with Crippen LogP contribution in [0.5, 0.6) is 0 Å². The molecule has 2 aromatic rings. The first-order valence-electron chi connectivity index (χ1n) is 7.24. The molecule has 0 aliphatic rings. The molecule has 122 valence electrons. The first-order valence-corrected chi connectivity index (χ1v) is 8.03. The van der Waals surface area contributed by atoms with Crippen LogP contribution in [-0.2, 0) is 4.74 Å². The van der Waals surface area contributed by atoms with E-state index in [9.17, 15) is 4.79 Å². The summed E-state index contributed by atoms with van der Waals surface area (Å²) in [5, 5.41) is 13.9. The van der Waals surface area contributed by atoms with Gasteiger partial charge in [0.05, 0.1) is 0 Å². The Morgan fingerprint density at radius 3 is 2.74 bits per heavy atom. The summed E-state index contributed by atoms with van der Waals surface area (Å²) in [4.78, 5) is 12.2. The number of carbonyl (C=O) groups is 1. The molecule has 0 fully saturated rings. The summed E-state index contributed by atoms with van der Waals surface area (Å²) in [6, 6.07) is 8.99. The molecule has 2 N–H and O–H groups in total. The number of anilines is 2. The molecule has 23 heavy (non-hydrogen) atoms. The predicted molar refractivity (Wildman–Crippen MR) is 93.8 cm³/mol. The molecule has 0 spiro atoms. The fourth-order valence-electron chi connectivity index (χ4n) is 1.90. The lowest BCUT2D eigenvalue weighted by Gasteiger charge is -2.07. The summed E-state index contributed by atoms with van der Waals surface area (Å²) in [6.45, 7) is 3.39. The highest BCUT2D eigenvalue weighted by Crippen LogP contribution is 2.20. The number of amides is 1. The van der Waals surface area contributed by atoms with Gasteiger partial charge in [-0.2, -0.15) is 0 Å². The molecule has 7 heteroatoms. The van der Waals surface area contributed by atoms with Crippen LogP contribution in [0.15, 0.2) is 34.8 Å². The minimum absolute atomic E-state index is 0.271. The van der Waals surface area contributed by atoms with Crippen molar-refractivity contribution in [2.45, 2.75) is 13.3 Å². The molecule has 1 amide bonds. The Labute approximate surface area is 143 Å². The number of halogens is 1. The van der Waals surface area contributed by atoms with E-state index in [0.717, 1.165) is 28.7 Å². The number of methoxy groups -OCH3 is 1. The van der Waals surface area contributed by atoms with Gasteiger partial charge in [-0.1, -0.05) is 15.9 Å². The van der Waals surface area contributed by atoms with Crippen LogP contribution in [-0.4, -0.2) is 36.4 Å². The largest absolute Gasteiger partial charge is 0.385 e. The van der Waals surface area contributed by atoms with Crippen LogP contribution in [0.4, 0.5) is 11.5 Å². The third kappa shape index (κ3) is 5.30. The number of nitrogens with zero attached hydrogens (tertiary/aromatic N) is 2. The van der Waals surface area contributed by atoms with Gasteiger partial charge in [0.1, 0.15) is 5.82 Å². The monoisotopic (exact) mass is 378 g/mol. The second-order valence-electron chi connectivity index (χ2n) is 5.00. The number of nitrogens with one attached hydrogen (secondary N) is 2. The SMILES string of the molecule is COCCCNc1ccc(C(=O)Nc2ccc(Br)c(C)c2)nn1. The zero-order valence-corrected chi connectivity index (χ0v) is 14.7. The Bertz CT molecular complexity index is 662. The second kappa shape index (κ2) is 8.59. The number of aryl methyl sites for hydroxylation is 1. The number of aromatic nitrogens is 2. The van der Waals surface area contributed by atoms with E-state index < -0.39 is 0 Å². The third-order valence-electron chi connectivity index (χ3n) is 3.14. The molecule has 1 aromatic heterocycles. The molecule has 1 aromatic carbocycles. The summed E-state index contributed by atoms with van der Waals surface area (Å²) in [7, 11) is 1.67. The standard InChI is InChI=1S/C16H19BrN4O2/c1-11-10-12(4-5-13(11)17)19-16(22)14-6-7-15(21-20-14)18-8-3-9-23-2/h4-7,10H,3,8-9H2,1-2H3,(H,18,21)(H,19,22). The van der Waals surface area contributed by atoms with E-state index in [2.05, 4.69) is 36.8 Å². The maximum absolute atomic E-state index is 12.2. The molecule has 0 aliphatic carbocycles. The molecule has 1 heterocycles. The number of hydrogen-bond acceptors (Lipinski definition) is 5. The highest BCUT2D eigenvalue weighted by molar-refractivity contribution is 9.10. The number of hydrogen-bond donors (Lipinski definition) is 2. The summed E-state index contributed by atoms with van der Waals surface area (Å²) in [5.41, 5.74) is 2.04. The summed E-state index contributed by atoms with van der Waals surface area (Å²) >= 11 is 3.43. The Morgan fingerprint density at radius 1 is 1.26 bits per heavy atom. The molecule has 0 bridgehead atoms. The maximum Gasteiger partial charge on any atom is 0.276 e. The van der Waals surface area contributed by atoms with Crippen molar-refractivity contribution in [2.75, 3.05) is 30.9 Å². The minimum Gasteiger partial charge on any atom is -0.385 e. The molecule has 0 saturated heterocycles. The quantitative estimate of drug-likeness (QED) is 0.723. The van der Waals surface area contributed by atoms with Crippen LogP contribution in [0.3, 0.4) is 0 Å². The minimum atomic E-state index is -0.287. The Hall–Kier alpha value is -1.99. The van der Waals surface area contributed by atoms with Crippen LogP contribution in [0.1, 0.15) is 22.5 Å². The van der Waals surface area contributed by atoms with E-state index in [4.69, 9.17) is 4.74 Å². The van der Waals surface area contributed by atoms with Crippen molar-refractivity contribution in [3.8, 4) is 0 Å². The van der Waals surface area contributed by atoms with E-state index >= 15 is 0 Å². The second-order valence-corrected chi connectivity index (χ2v) is 5.85. The number of ether oxygens (including phenoxy) is 1. The van der Waals surface area contributed by atoms with E-state index in [1.807, 2.05) is 25.1 Å². The topological polar surface area (TPSA) is 76.1 Å². The normalized spacial score (nSPS) is 10.4. The molecule has 2 rings (SSSR count). The van der Waals surface area contributed by atoms with Gasteiger partial charge in [-0.05, 0) is 49.2 Å². The van der Waals surface area contributed by atoms with Gasteiger partial charge in [-0.3, -0.25) is 4.79 Å². The average Bonchev–Trinajstić information content (AvgIpc) is 2.55. The molecular weight excluding hydrogens is 360 g/mol. The van der Waals surface area contributed by atoms with E-state index in [1.54, 1.807) is 19.2 Å². The van der Waals surface area contributed by atoms with Crippen molar-refractivity contribution in [3.63, 3.8) is 0 Å². The Balaban J connectivity index is 1.93. The molecule has 0 saturated carbocycles. The lowest BCUT2D eigenvalue weighted by Crippen LogP contribution is -2.15. The van der Waals surface area contributed by atoms with Crippen LogP contribution in [0, 0.1) is 6.92 Å². The fourth-order valence-corrected chi connectivity index (χ4v) is 2.14. The number of benzene rings is 1. The number of rotatable bonds is 7. The van der Waals surface area contributed by atoms with Crippen LogP contribution in [0.2, 0.25) is 0 Å². The van der Waals surface area contributed by atoms with Gasteiger partial charge in [-0.15, -0.1) is 10.2 Å². The Kier molecular flexibility index (Phi) is 6.49. The van der Waals surface area contributed by atoms with Crippen LogP contribution < -0.4 is 10.6 Å². The number of carbonyl (C=O) groups excluding carboxylic acids is 1. The van der Waals surface area contributed by atoms with Gasteiger partial charge < -0.3 is 15.4 Å². The Morgan fingerprint density at radius 2 is 2.09 bits per heavy atom. The van der Waals surface area contributed by atoms with Gasteiger partial charge in [0.2, 0.25) is 0 Å². The summed E-state index contributed by atoms with van der Waals surface area (Å²) < 4.78 is 5.97. The lowest BCUT2D eigenvalue weighted by atomic mass is 10.2. The zero-order chi connectivity index (χ0) is 16.7. The molecule has 0 radical (unpaired) electrons. The average molecular weight is 379 g/mol. The molecule has 0 unspecified atom stereocenters. The van der Waals surface area contributed by atoms with Crippen molar-refractivity contribution < 1.29 is 9.53 Å². The molecule has 6 nitrogen and oxygen atoms in total. The smallest absolute Gasteiger partial charge is 0.276 e. The lowest BCUT2D eigenvalue weighted by molar-refractivity contribution is 0.102. The van der Waals surface area contributed by atoms with Gasteiger partial charge in [-0.25, -0.2) is 0 Å². The first-order chi connectivity index (χ1) is 11.1. The summed E-state index contributed by atoms with van der Waals surface area (Å²) in [6.07, 6.45) is 0.878. The third-order valence-corrected chi connectivity index (χ3v) is 4.03. The van der Waals surface area contributed by atoms with Gasteiger partial charge in [0.25, 0.3) is 5.91 Å². The highest BCUT2D eigenvalue weighted by Gasteiger charge is 2.09. The molecule has 0 atom stereocenters. The maximum atomic E-state index is 12.2. The highest BCUT2D eigenvalue weighted by atomic mass is 79.9. The van der Waals surface area contributed by atoms with Crippen molar-refractivity contribution in [2.24, 2.45) is 0 Å². The van der Waals surface area contributed by atoms with E-state index in [1.165, 1.54) is 0 Å². The van der Waals surface area contributed by atoms with Crippen molar-refractivity contribution in [1.82, 2.24) is 10.2 Å².